The van der Waals surface area contributed by atoms with E-state index >= 15 is 0 Å². The SMILES string of the molecule is Cc1nc(N[C@@H](C)c2ccc(Oc3ccccc3)cc2)nc(N2C(=O)OCC2C(C)(C)C)n1. The molecular weight excluding hydrogens is 418 g/mol. The summed E-state index contributed by atoms with van der Waals surface area (Å²) in [5, 5.41) is 3.32. The number of carbonyl (C=O) groups is 1. The molecule has 172 valence electrons. The van der Waals surface area contributed by atoms with E-state index in [-0.39, 0.29) is 17.5 Å². The average Bonchev–Trinajstić information content (AvgIpc) is 3.16. The van der Waals surface area contributed by atoms with Crippen LogP contribution in [0.5, 0.6) is 11.5 Å². The standard InChI is InChI=1S/C25H29N5O3/c1-16(18-11-13-20(14-12-18)33-19-9-7-6-8-10-19)26-22-27-17(2)28-23(29-22)30-21(25(3,4)5)15-32-24(30)31/h6-14,16,21H,15H2,1-5H3,(H,26,27,28,29)/t16-,21?/m0/s1. The van der Waals surface area contributed by atoms with Gasteiger partial charge in [-0.1, -0.05) is 51.1 Å². The van der Waals surface area contributed by atoms with E-state index in [4.69, 9.17) is 9.47 Å². The second-order valence-corrected chi connectivity index (χ2v) is 9.19. The molecule has 1 aromatic heterocycles. The quantitative estimate of drug-likeness (QED) is 0.532. The summed E-state index contributed by atoms with van der Waals surface area (Å²) in [4.78, 5) is 27.3. The molecule has 33 heavy (non-hydrogen) atoms. The molecule has 3 aromatic rings. The van der Waals surface area contributed by atoms with Gasteiger partial charge < -0.3 is 14.8 Å². The van der Waals surface area contributed by atoms with Crippen LogP contribution in [0, 0.1) is 12.3 Å². The van der Waals surface area contributed by atoms with Crippen LogP contribution < -0.4 is 15.0 Å². The summed E-state index contributed by atoms with van der Waals surface area (Å²) in [5.41, 5.74) is 0.861. The smallest absolute Gasteiger partial charge is 0.417 e. The number of rotatable bonds is 6. The summed E-state index contributed by atoms with van der Waals surface area (Å²) in [6.45, 7) is 10.3. The first-order valence-corrected chi connectivity index (χ1v) is 11.0. The van der Waals surface area contributed by atoms with Crippen molar-refractivity contribution in [3.8, 4) is 11.5 Å². The summed E-state index contributed by atoms with van der Waals surface area (Å²) >= 11 is 0. The van der Waals surface area contributed by atoms with Gasteiger partial charge in [0.15, 0.2) is 0 Å². The fraction of sp³-hybridized carbons (Fsp3) is 0.360. The minimum Gasteiger partial charge on any atom is -0.457 e. The summed E-state index contributed by atoms with van der Waals surface area (Å²) in [6.07, 6.45) is -0.437. The van der Waals surface area contributed by atoms with Gasteiger partial charge >= 0.3 is 6.09 Å². The van der Waals surface area contributed by atoms with Gasteiger partial charge in [0, 0.05) is 0 Å². The van der Waals surface area contributed by atoms with Crippen LogP contribution in [0.2, 0.25) is 0 Å². The predicted molar refractivity (Wildman–Crippen MR) is 127 cm³/mol. The fourth-order valence-corrected chi connectivity index (χ4v) is 3.65. The van der Waals surface area contributed by atoms with Gasteiger partial charge in [-0.15, -0.1) is 0 Å². The Morgan fingerprint density at radius 1 is 1.03 bits per heavy atom. The molecule has 2 atom stereocenters. The Bertz CT molecular complexity index is 1110. The molecular formula is C25H29N5O3. The molecule has 1 fully saturated rings. The molecule has 1 aliphatic rings. The third-order valence-electron chi connectivity index (χ3n) is 5.53. The zero-order chi connectivity index (χ0) is 23.6. The molecule has 1 saturated heterocycles. The molecule has 1 amide bonds. The van der Waals surface area contributed by atoms with E-state index in [1.54, 1.807) is 6.92 Å². The number of cyclic esters (lactones) is 1. The van der Waals surface area contributed by atoms with Crippen LogP contribution in [0.4, 0.5) is 16.7 Å². The van der Waals surface area contributed by atoms with E-state index in [2.05, 4.69) is 41.0 Å². The summed E-state index contributed by atoms with van der Waals surface area (Å²) < 4.78 is 11.2. The van der Waals surface area contributed by atoms with Crippen molar-refractivity contribution in [3.05, 3.63) is 66.0 Å². The van der Waals surface area contributed by atoms with Crippen molar-refractivity contribution in [1.29, 1.82) is 0 Å². The Kier molecular flexibility index (Phi) is 6.18. The molecule has 1 unspecified atom stereocenters. The lowest BCUT2D eigenvalue weighted by molar-refractivity contribution is 0.172. The third-order valence-corrected chi connectivity index (χ3v) is 5.53. The topological polar surface area (TPSA) is 89.5 Å². The maximum atomic E-state index is 12.4. The number of nitrogens with one attached hydrogen (secondary N) is 1. The number of anilines is 2. The van der Waals surface area contributed by atoms with Crippen molar-refractivity contribution in [2.45, 2.75) is 46.7 Å². The molecule has 0 spiro atoms. The molecule has 0 radical (unpaired) electrons. The highest BCUT2D eigenvalue weighted by atomic mass is 16.6. The first-order chi connectivity index (χ1) is 15.7. The van der Waals surface area contributed by atoms with Gasteiger partial charge in [-0.05, 0) is 49.1 Å². The largest absolute Gasteiger partial charge is 0.457 e. The highest BCUT2D eigenvalue weighted by Gasteiger charge is 2.43. The molecule has 8 heteroatoms. The molecule has 8 nitrogen and oxygen atoms in total. The molecule has 1 aliphatic heterocycles. The van der Waals surface area contributed by atoms with Gasteiger partial charge in [0.2, 0.25) is 11.9 Å². The number of hydrogen-bond donors (Lipinski definition) is 1. The molecule has 4 rings (SSSR count). The number of amides is 1. The predicted octanol–water partition coefficient (Wildman–Crippen LogP) is 5.52. The third kappa shape index (κ3) is 5.22. The Labute approximate surface area is 194 Å². The van der Waals surface area contributed by atoms with Crippen LogP contribution in [0.15, 0.2) is 54.6 Å². The van der Waals surface area contributed by atoms with Crippen LogP contribution in [0.25, 0.3) is 0 Å². The normalized spacial score (nSPS) is 16.9. The molecule has 0 saturated carbocycles. The van der Waals surface area contributed by atoms with Crippen LogP contribution >= 0.6 is 0 Å². The van der Waals surface area contributed by atoms with E-state index in [1.165, 1.54) is 4.90 Å². The van der Waals surface area contributed by atoms with Crippen molar-refractivity contribution in [1.82, 2.24) is 15.0 Å². The van der Waals surface area contributed by atoms with Gasteiger partial charge in [-0.25, -0.2) is 9.69 Å². The van der Waals surface area contributed by atoms with E-state index in [0.29, 0.717) is 24.3 Å². The number of nitrogens with zero attached hydrogens (tertiary/aromatic N) is 4. The minimum absolute atomic E-state index is 0.0747. The second-order valence-electron chi connectivity index (χ2n) is 9.19. The highest BCUT2D eigenvalue weighted by Crippen LogP contribution is 2.32. The van der Waals surface area contributed by atoms with Gasteiger partial charge in [-0.3, -0.25) is 0 Å². The first-order valence-electron chi connectivity index (χ1n) is 11.0. The Morgan fingerprint density at radius 3 is 2.36 bits per heavy atom. The van der Waals surface area contributed by atoms with E-state index in [1.807, 2.05) is 61.5 Å². The van der Waals surface area contributed by atoms with E-state index in [0.717, 1.165) is 17.1 Å². The Balaban J connectivity index is 1.50. The fourth-order valence-electron chi connectivity index (χ4n) is 3.65. The number of hydrogen-bond acceptors (Lipinski definition) is 7. The second kappa shape index (κ2) is 9.05. The lowest BCUT2D eigenvalue weighted by atomic mass is 9.87. The maximum absolute atomic E-state index is 12.4. The van der Waals surface area contributed by atoms with Gasteiger partial charge in [0.1, 0.15) is 23.9 Å². The van der Waals surface area contributed by atoms with Gasteiger partial charge in [0.05, 0.1) is 12.1 Å². The number of aryl methyl sites for hydroxylation is 1. The van der Waals surface area contributed by atoms with Crippen molar-refractivity contribution in [2.75, 3.05) is 16.8 Å². The van der Waals surface area contributed by atoms with Crippen molar-refractivity contribution >= 4 is 18.0 Å². The zero-order valence-corrected chi connectivity index (χ0v) is 19.6. The van der Waals surface area contributed by atoms with E-state index < -0.39 is 6.09 Å². The highest BCUT2D eigenvalue weighted by molar-refractivity contribution is 5.88. The Morgan fingerprint density at radius 2 is 1.70 bits per heavy atom. The molecule has 2 aromatic carbocycles. The summed E-state index contributed by atoms with van der Waals surface area (Å²) in [6, 6.07) is 17.3. The summed E-state index contributed by atoms with van der Waals surface area (Å²) in [5.74, 6) is 2.77. The van der Waals surface area contributed by atoms with E-state index in [9.17, 15) is 4.79 Å². The minimum atomic E-state index is -0.437. The lowest BCUT2D eigenvalue weighted by Gasteiger charge is -2.31. The number of aromatic nitrogens is 3. The average molecular weight is 448 g/mol. The van der Waals surface area contributed by atoms with Crippen molar-refractivity contribution < 1.29 is 14.3 Å². The molecule has 0 aliphatic carbocycles. The van der Waals surface area contributed by atoms with Gasteiger partial charge in [0.25, 0.3) is 0 Å². The van der Waals surface area contributed by atoms with Crippen LogP contribution in [0.3, 0.4) is 0 Å². The van der Waals surface area contributed by atoms with Crippen LogP contribution in [-0.4, -0.2) is 33.7 Å². The van der Waals surface area contributed by atoms with Gasteiger partial charge in [-0.2, -0.15) is 15.0 Å². The monoisotopic (exact) mass is 447 g/mol. The van der Waals surface area contributed by atoms with Crippen LogP contribution in [0.1, 0.15) is 45.1 Å². The maximum Gasteiger partial charge on any atom is 0.417 e. The number of ether oxygens (including phenoxy) is 2. The summed E-state index contributed by atoms with van der Waals surface area (Å²) in [7, 11) is 0. The lowest BCUT2D eigenvalue weighted by Crippen LogP contribution is -2.43. The first kappa shape index (κ1) is 22.5. The van der Waals surface area contributed by atoms with Crippen molar-refractivity contribution in [2.24, 2.45) is 5.41 Å². The molecule has 0 bridgehead atoms. The Hall–Kier alpha value is -3.68. The number of para-hydroxylation sites is 1. The zero-order valence-electron chi connectivity index (χ0n) is 19.6. The van der Waals surface area contributed by atoms with Crippen LogP contribution in [-0.2, 0) is 4.74 Å². The van der Waals surface area contributed by atoms with Crippen molar-refractivity contribution in [3.63, 3.8) is 0 Å². The number of carbonyl (C=O) groups excluding carboxylic acids is 1. The molecule has 2 heterocycles. The number of benzene rings is 2. The molecule has 1 N–H and O–H groups in total.